The molecule has 618 valence electrons. The Labute approximate surface area is 638 Å². The third-order valence-corrected chi connectivity index (χ3v) is 22.8. The lowest BCUT2D eigenvalue weighted by atomic mass is 9.99. The van der Waals surface area contributed by atoms with Gasteiger partial charge in [0.05, 0.1) is 26.4 Å². The van der Waals surface area contributed by atoms with Crippen LogP contribution in [0.3, 0.4) is 0 Å². The Morgan fingerprint density at radius 2 is 0.462 bits per heavy atom. The summed E-state index contributed by atoms with van der Waals surface area (Å²) < 4.78 is 68.8. The van der Waals surface area contributed by atoms with Crippen LogP contribution in [-0.4, -0.2) is 96.7 Å². The summed E-state index contributed by atoms with van der Waals surface area (Å²) in [6.07, 6.45) is 62.4. The molecule has 0 bridgehead atoms. The maximum atomic E-state index is 13.1. The molecule has 17 nitrogen and oxygen atoms in total. The topological polar surface area (TPSA) is 237 Å². The largest absolute Gasteiger partial charge is 0.472 e. The van der Waals surface area contributed by atoms with E-state index in [1.165, 1.54) is 238 Å². The summed E-state index contributed by atoms with van der Waals surface area (Å²) in [6.45, 7) is 14.3. The van der Waals surface area contributed by atoms with Gasteiger partial charge in [-0.15, -0.1) is 0 Å². The van der Waals surface area contributed by atoms with E-state index in [1.807, 2.05) is 0 Å². The highest BCUT2D eigenvalue weighted by molar-refractivity contribution is 7.47. The number of hydrogen-bond donors (Lipinski definition) is 3. The molecule has 19 heteroatoms. The second-order valence-electron chi connectivity index (χ2n) is 31.8. The van der Waals surface area contributed by atoms with Crippen molar-refractivity contribution in [3.05, 3.63) is 0 Å². The summed E-state index contributed by atoms with van der Waals surface area (Å²) in [7, 11) is -9.93. The SMILES string of the molecule is CCC(C)CCCCCCCCCCCCCCCCCCCCC(=O)O[C@H](COC(=O)CCCCCCCCCCCCCCCCCC(C)C)COP(=O)(O)OC[C@@H](O)COP(=O)(O)OC[C@@H](COC(=O)CCCCCCCCC(C)CC)OC(=O)CCCCCCCCCCCCC(C)CC. The van der Waals surface area contributed by atoms with Gasteiger partial charge in [-0.05, 0) is 49.4 Å². The van der Waals surface area contributed by atoms with E-state index in [4.69, 9.17) is 37.0 Å². The van der Waals surface area contributed by atoms with Gasteiger partial charge in [0, 0.05) is 25.7 Å². The third-order valence-electron chi connectivity index (χ3n) is 20.9. The Balaban J connectivity index is 5.23. The van der Waals surface area contributed by atoms with Gasteiger partial charge in [0.25, 0.3) is 0 Å². The molecule has 104 heavy (non-hydrogen) atoms. The van der Waals surface area contributed by atoms with Gasteiger partial charge < -0.3 is 33.8 Å². The van der Waals surface area contributed by atoms with Crippen molar-refractivity contribution in [2.75, 3.05) is 39.6 Å². The molecule has 0 aliphatic carbocycles. The van der Waals surface area contributed by atoms with Crippen LogP contribution in [0.4, 0.5) is 0 Å². The molecule has 0 aromatic rings. The van der Waals surface area contributed by atoms with E-state index in [-0.39, 0.29) is 25.7 Å². The van der Waals surface area contributed by atoms with Crippen LogP contribution in [0, 0.1) is 23.7 Å². The molecular weight excluding hydrogens is 1350 g/mol. The Morgan fingerprint density at radius 3 is 0.683 bits per heavy atom. The van der Waals surface area contributed by atoms with Crippen LogP contribution in [0.25, 0.3) is 0 Å². The number of carbonyl (C=O) groups is 4. The molecule has 0 aromatic heterocycles. The molecule has 0 amide bonds. The van der Waals surface area contributed by atoms with Crippen molar-refractivity contribution in [1.29, 1.82) is 0 Å². The molecule has 0 aliphatic heterocycles. The molecule has 0 radical (unpaired) electrons. The average molecular weight is 1520 g/mol. The van der Waals surface area contributed by atoms with Gasteiger partial charge in [-0.1, -0.05) is 389 Å². The van der Waals surface area contributed by atoms with Crippen molar-refractivity contribution in [2.24, 2.45) is 23.7 Å². The van der Waals surface area contributed by atoms with Crippen molar-refractivity contribution in [1.82, 2.24) is 0 Å². The highest BCUT2D eigenvalue weighted by atomic mass is 31.2. The molecule has 0 spiro atoms. The molecule has 0 rings (SSSR count). The smallest absolute Gasteiger partial charge is 0.462 e. The van der Waals surface area contributed by atoms with Gasteiger partial charge in [0.2, 0.25) is 0 Å². The van der Waals surface area contributed by atoms with E-state index < -0.39 is 97.5 Å². The zero-order chi connectivity index (χ0) is 76.7. The van der Waals surface area contributed by atoms with Gasteiger partial charge in [-0.25, -0.2) is 9.13 Å². The maximum Gasteiger partial charge on any atom is 0.472 e. The monoisotopic (exact) mass is 1520 g/mol. The van der Waals surface area contributed by atoms with E-state index in [0.29, 0.717) is 25.7 Å². The number of phosphoric acid groups is 2. The first-order chi connectivity index (χ1) is 50.2. The van der Waals surface area contributed by atoms with Crippen LogP contribution in [0.1, 0.15) is 441 Å². The van der Waals surface area contributed by atoms with Crippen LogP contribution in [0.2, 0.25) is 0 Å². The minimum absolute atomic E-state index is 0.105. The van der Waals surface area contributed by atoms with Gasteiger partial charge in [0.1, 0.15) is 19.3 Å². The summed E-state index contributed by atoms with van der Waals surface area (Å²) in [5.41, 5.74) is 0. The predicted molar refractivity (Wildman–Crippen MR) is 428 cm³/mol. The Morgan fingerprint density at radius 1 is 0.269 bits per heavy atom. The average Bonchev–Trinajstić information content (AvgIpc) is 0.903. The highest BCUT2D eigenvalue weighted by Gasteiger charge is 2.31. The van der Waals surface area contributed by atoms with Crippen molar-refractivity contribution in [2.45, 2.75) is 459 Å². The summed E-state index contributed by atoms with van der Waals surface area (Å²) in [4.78, 5) is 73.2. The minimum atomic E-state index is -4.97. The number of aliphatic hydroxyl groups is 1. The van der Waals surface area contributed by atoms with E-state index in [2.05, 4.69) is 55.4 Å². The second kappa shape index (κ2) is 73.8. The Bertz CT molecular complexity index is 2030. The zero-order valence-electron chi connectivity index (χ0n) is 68.7. The number of ether oxygens (including phenoxy) is 4. The number of rotatable bonds is 82. The number of aliphatic hydroxyl groups excluding tert-OH is 1. The summed E-state index contributed by atoms with van der Waals surface area (Å²) >= 11 is 0. The van der Waals surface area contributed by atoms with Gasteiger partial charge in [0.15, 0.2) is 12.2 Å². The van der Waals surface area contributed by atoms with E-state index in [1.54, 1.807) is 0 Å². The molecule has 0 aromatic carbocycles. The number of carbonyl (C=O) groups excluding carboxylic acids is 4. The lowest BCUT2D eigenvalue weighted by Crippen LogP contribution is -2.30. The molecule has 8 atom stereocenters. The lowest BCUT2D eigenvalue weighted by Gasteiger charge is -2.21. The van der Waals surface area contributed by atoms with Crippen molar-refractivity contribution < 1.29 is 80.2 Å². The fourth-order valence-electron chi connectivity index (χ4n) is 13.0. The summed E-state index contributed by atoms with van der Waals surface area (Å²) in [5, 5.41) is 10.7. The normalized spacial score (nSPS) is 14.7. The van der Waals surface area contributed by atoms with Crippen molar-refractivity contribution >= 4 is 39.5 Å². The van der Waals surface area contributed by atoms with Crippen molar-refractivity contribution in [3.8, 4) is 0 Å². The summed E-state index contributed by atoms with van der Waals surface area (Å²) in [5.74, 6) is 1.10. The quantitative estimate of drug-likeness (QED) is 0.0222. The van der Waals surface area contributed by atoms with E-state index in [0.717, 1.165) is 120 Å². The van der Waals surface area contributed by atoms with Crippen LogP contribution < -0.4 is 0 Å². The number of phosphoric ester groups is 2. The zero-order valence-corrected chi connectivity index (χ0v) is 70.5. The predicted octanol–water partition coefficient (Wildman–Crippen LogP) is 25.6. The summed E-state index contributed by atoms with van der Waals surface area (Å²) in [6, 6.07) is 0. The molecule has 0 aliphatic rings. The molecule has 3 N–H and O–H groups in total. The van der Waals surface area contributed by atoms with Crippen LogP contribution in [0.5, 0.6) is 0 Å². The standard InChI is InChI=1S/C85H166O17P2/c1-9-76(6)62-54-46-38-32-26-22-18-14-12-13-15-19-24-28-35-41-51-59-67-84(89)101-80(71-95-82(87)65-57-49-40-34-27-23-20-16-17-21-25-31-37-45-53-61-75(4)5)73-99-103(91,92)97-69-79(86)70-98-104(93,94)100-74-81(72-96-83(88)66-58-50-44-43-48-56-64-78(8)11-3)102-85(90)68-60-52-42-36-30-29-33-39-47-55-63-77(7)10-2/h75-81,86H,9-74H2,1-8H3,(H,91,92)(H,93,94)/t76?,77?,78?,79-,80-,81-/m1/s1. The van der Waals surface area contributed by atoms with Gasteiger partial charge in [-0.3, -0.25) is 37.3 Å². The molecule has 5 unspecified atom stereocenters. The van der Waals surface area contributed by atoms with E-state index in [9.17, 15) is 43.2 Å². The third kappa shape index (κ3) is 74.2. The van der Waals surface area contributed by atoms with Gasteiger partial charge in [-0.2, -0.15) is 0 Å². The first kappa shape index (κ1) is 102. The number of unbranched alkanes of at least 4 members (excludes halogenated alkanes) is 45. The fraction of sp³-hybridized carbons (Fsp3) is 0.953. The van der Waals surface area contributed by atoms with Crippen LogP contribution in [-0.2, 0) is 65.4 Å². The number of esters is 4. The van der Waals surface area contributed by atoms with Crippen LogP contribution in [0.15, 0.2) is 0 Å². The molecular formula is C85H166O17P2. The number of hydrogen-bond acceptors (Lipinski definition) is 15. The molecule has 0 heterocycles. The first-order valence-electron chi connectivity index (χ1n) is 43.8. The second-order valence-corrected chi connectivity index (χ2v) is 34.7. The Hall–Kier alpha value is -1.94. The van der Waals surface area contributed by atoms with E-state index >= 15 is 0 Å². The molecule has 0 fully saturated rings. The maximum absolute atomic E-state index is 13.1. The van der Waals surface area contributed by atoms with Crippen LogP contribution >= 0.6 is 15.6 Å². The lowest BCUT2D eigenvalue weighted by molar-refractivity contribution is -0.161. The molecule has 0 saturated carbocycles. The minimum Gasteiger partial charge on any atom is -0.462 e. The first-order valence-corrected chi connectivity index (χ1v) is 46.8. The molecule has 0 saturated heterocycles. The van der Waals surface area contributed by atoms with Crippen molar-refractivity contribution in [3.63, 3.8) is 0 Å². The Kier molecular flexibility index (Phi) is 72.5. The van der Waals surface area contributed by atoms with Gasteiger partial charge >= 0.3 is 39.5 Å². The fourth-order valence-corrected chi connectivity index (χ4v) is 14.6. The highest BCUT2D eigenvalue weighted by Crippen LogP contribution is 2.45.